The first kappa shape index (κ1) is 32.0. The predicted octanol–water partition coefficient (Wildman–Crippen LogP) is 14.3. The highest BCUT2D eigenvalue weighted by atomic mass is 15.1. The third-order valence-electron chi connectivity index (χ3n) is 11.1. The van der Waals surface area contributed by atoms with Crippen molar-refractivity contribution in [2.75, 3.05) is 4.90 Å². The molecule has 0 bridgehead atoms. The maximum Gasteiger partial charge on any atom is 0.145 e. The molecule has 0 atom stereocenters. The van der Waals surface area contributed by atoms with Gasteiger partial charge < -0.3 is 4.90 Å². The van der Waals surface area contributed by atoms with Gasteiger partial charge in [0.25, 0.3) is 0 Å². The number of benzene rings is 9. The Morgan fingerprint density at radius 3 is 1.75 bits per heavy atom. The van der Waals surface area contributed by atoms with Gasteiger partial charge >= 0.3 is 0 Å². The zero-order valence-electron chi connectivity index (χ0n) is 30.5. The van der Waals surface area contributed by atoms with Gasteiger partial charge in [0.15, 0.2) is 0 Å². The van der Waals surface area contributed by atoms with E-state index in [4.69, 9.17) is 4.98 Å². The third-order valence-corrected chi connectivity index (χ3v) is 11.1. The highest BCUT2D eigenvalue weighted by Crippen LogP contribution is 2.45. The van der Waals surface area contributed by atoms with Gasteiger partial charge in [0.2, 0.25) is 0 Å². The molecule has 0 unspecified atom stereocenters. The van der Waals surface area contributed by atoms with Crippen LogP contribution >= 0.6 is 0 Å². The average molecular weight is 714 g/mol. The number of para-hydroxylation sites is 3. The Bertz CT molecular complexity index is 3080. The molecule has 1 aliphatic rings. The zero-order valence-corrected chi connectivity index (χ0v) is 30.5. The molecular formula is C53H35N3. The second kappa shape index (κ2) is 13.1. The summed E-state index contributed by atoms with van der Waals surface area (Å²) in [7, 11) is 0. The number of imidazole rings is 1. The Balaban J connectivity index is 1.00. The normalized spacial score (nSPS) is 11.6. The maximum atomic E-state index is 5.33. The summed E-state index contributed by atoms with van der Waals surface area (Å²) in [5.41, 5.74) is 17.2. The van der Waals surface area contributed by atoms with E-state index in [9.17, 15) is 0 Å². The number of fused-ring (bicyclic) bond motifs is 6. The van der Waals surface area contributed by atoms with Crippen molar-refractivity contribution < 1.29 is 0 Å². The second-order valence-corrected chi connectivity index (χ2v) is 14.4. The van der Waals surface area contributed by atoms with Gasteiger partial charge in [0.05, 0.1) is 16.7 Å². The molecule has 56 heavy (non-hydrogen) atoms. The molecule has 11 rings (SSSR count). The fourth-order valence-electron chi connectivity index (χ4n) is 8.48. The monoisotopic (exact) mass is 713 g/mol. The van der Waals surface area contributed by atoms with Crippen molar-refractivity contribution in [2.24, 2.45) is 0 Å². The largest absolute Gasteiger partial charge is 0.310 e. The van der Waals surface area contributed by atoms with Crippen LogP contribution in [0, 0.1) is 0 Å². The smallest absolute Gasteiger partial charge is 0.145 e. The predicted molar refractivity (Wildman–Crippen MR) is 234 cm³/mol. The van der Waals surface area contributed by atoms with Crippen molar-refractivity contribution in [3.63, 3.8) is 0 Å². The van der Waals surface area contributed by atoms with E-state index in [-0.39, 0.29) is 0 Å². The van der Waals surface area contributed by atoms with Crippen molar-refractivity contribution in [3.05, 3.63) is 212 Å². The van der Waals surface area contributed by atoms with E-state index in [0.717, 1.165) is 56.3 Å². The lowest BCUT2D eigenvalue weighted by atomic mass is 9.94. The quantitative estimate of drug-likeness (QED) is 0.171. The Labute approximate surface area is 326 Å². The van der Waals surface area contributed by atoms with E-state index in [0.29, 0.717) is 0 Å². The Morgan fingerprint density at radius 1 is 0.339 bits per heavy atom. The Kier molecular flexibility index (Phi) is 7.49. The highest BCUT2D eigenvalue weighted by molar-refractivity contribution is 6.04. The fourth-order valence-corrected chi connectivity index (χ4v) is 8.48. The van der Waals surface area contributed by atoms with E-state index >= 15 is 0 Å². The van der Waals surface area contributed by atoms with E-state index in [1.807, 2.05) is 0 Å². The first-order valence-electron chi connectivity index (χ1n) is 19.1. The lowest BCUT2D eigenvalue weighted by Gasteiger charge is -2.26. The summed E-state index contributed by atoms with van der Waals surface area (Å²) in [4.78, 5) is 7.66. The standard InChI is InChI=1S/C53H35N3/c1-2-18-43(19-3-1)55(44-31-29-37(30-32-44)41-28-27-36-13-4-5-14-38(36)33-41)45-20-11-16-40(35-45)39-15-10-17-42(34-39)53-54-50-25-12-24-49-47-22-7-6-21-46(47)48-23-8-9-26-51(48)56(53)52(49)50/h1-35H. The number of hydrogen-bond acceptors (Lipinski definition) is 2. The SMILES string of the molecule is c1ccc(N(c2ccc(-c3ccc4ccccc4c3)cc2)c2cccc(-c3cccc(-c4nc5cccc6c5n4-c4ccccc4-c4ccccc4-6)c3)c2)cc1. The molecule has 0 spiro atoms. The number of anilines is 3. The van der Waals surface area contributed by atoms with Crippen LogP contribution in [-0.2, 0) is 0 Å². The van der Waals surface area contributed by atoms with E-state index in [2.05, 4.69) is 222 Å². The summed E-state index contributed by atoms with van der Waals surface area (Å²) in [6.07, 6.45) is 0. The lowest BCUT2D eigenvalue weighted by molar-refractivity contribution is 1.11. The van der Waals surface area contributed by atoms with Crippen LogP contribution in [0.2, 0.25) is 0 Å². The average Bonchev–Trinajstić information content (AvgIpc) is 3.62. The summed E-state index contributed by atoms with van der Waals surface area (Å²) in [5.74, 6) is 0.933. The van der Waals surface area contributed by atoms with Crippen LogP contribution in [0.4, 0.5) is 17.1 Å². The Morgan fingerprint density at radius 2 is 0.911 bits per heavy atom. The van der Waals surface area contributed by atoms with Crippen molar-refractivity contribution in [3.8, 4) is 61.6 Å². The van der Waals surface area contributed by atoms with Crippen molar-refractivity contribution >= 4 is 38.9 Å². The van der Waals surface area contributed by atoms with Gasteiger partial charge in [-0.05, 0) is 105 Å². The van der Waals surface area contributed by atoms with Crippen molar-refractivity contribution in [1.29, 1.82) is 0 Å². The van der Waals surface area contributed by atoms with E-state index in [1.54, 1.807) is 0 Å². The van der Waals surface area contributed by atoms with Crippen LogP contribution in [0.15, 0.2) is 212 Å². The molecule has 1 aromatic heterocycles. The first-order chi connectivity index (χ1) is 27.8. The minimum Gasteiger partial charge on any atom is -0.310 e. The first-order valence-corrected chi connectivity index (χ1v) is 19.1. The molecule has 0 fully saturated rings. The minimum absolute atomic E-state index is 0.933. The number of aromatic nitrogens is 2. The molecule has 10 aromatic rings. The molecule has 0 radical (unpaired) electrons. The molecule has 3 heteroatoms. The Hall–Kier alpha value is -7.49. The molecule has 0 saturated carbocycles. The van der Waals surface area contributed by atoms with Crippen LogP contribution in [0.3, 0.4) is 0 Å². The van der Waals surface area contributed by atoms with Crippen LogP contribution in [-0.4, -0.2) is 9.55 Å². The van der Waals surface area contributed by atoms with Gasteiger partial charge in [0, 0.05) is 33.8 Å². The summed E-state index contributed by atoms with van der Waals surface area (Å²) >= 11 is 0. The summed E-state index contributed by atoms with van der Waals surface area (Å²) in [6.45, 7) is 0. The zero-order chi connectivity index (χ0) is 37.0. The number of nitrogens with zero attached hydrogens (tertiary/aromatic N) is 3. The van der Waals surface area contributed by atoms with Crippen molar-refractivity contribution in [1.82, 2.24) is 9.55 Å². The van der Waals surface area contributed by atoms with E-state index < -0.39 is 0 Å². The minimum atomic E-state index is 0.933. The summed E-state index contributed by atoms with van der Waals surface area (Å²) in [6, 6.07) is 76.4. The molecule has 9 aromatic carbocycles. The molecule has 262 valence electrons. The highest BCUT2D eigenvalue weighted by Gasteiger charge is 2.25. The van der Waals surface area contributed by atoms with Gasteiger partial charge in [-0.1, -0.05) is 152 Å². The third kappa shape index (κ3) is 5.32. The lowest BCUT2D eigenvalue weighted by Crippen LogP contribution is -2.09. The van der Waals surface area contributed by atoms with Gasteiger partial charge in [-0.15, -0.1) is 0 Å². The molecule has 1 aliphatic heterocycles. The van der Waals surface area contributed by atoms with Gasteiger partial charge in [0.1, 0.15) is 5.82 Å². The molecule has 0 N–H and O–H groups in total. The number of hydrogen-bond donors (Lipinski definition) is 0. The number of rotatable bonds is 6. The van der Waals surface area contributed by atoms with Gasteiger partial charge in [-0.3, -0.25) is 4.57 Å². The van der Waals surface area contributed by atoms with Crippen molar-refractivity contribution in [2.45, 2.75) is 0 Å². The van der Waals surface area contributed by atoms with Gasteiger partial charge in [-0.2, -0.15) is 0 Å². The maximum absolute atomic E-state index is 5.33. The van der Waals surface area contributed by atoms with Crippen LogP contribution in [0.25, 0.3) is 83.4 Å². The molecule has 0 aliphatic carbocycles. The molecular weight excluding hydrogens is 679 g/mol. The molecule has 3 nitrogen and oxygen atoms in total. The molecule has 0 amide bonds. The van der Waals surface area contributed by atoms with Crippen LogP contribution in [0.5, 0.6) is 0 Å². The van der Waals surface area contributed by atoms with E-state index in [1.165, 1.54) is 44.2 Å². The second-order valence-electron chi connectivity index (χ2n) is 14.4. The molecule has 2 heterocycles. The summed E-state index contributed by atoms with van der Waals surface area (Å²) in [5, 5.41) is 2.50. The van der Waals surface area contributed by atoms with Gasteiger partial charge in [-0.25, -0.2) is 4.98 Å². The van der Waals surface area contributed by atoms with Crippen LogP contribution in [0.1, 0.15) is 0 Å². The summed E-state index contributed by atoms with van der Waals surface area (Å²) < 4.78 is 2.37. The van der Waals surface area contributed by atoms with Crippen LogP contribution < -0.4 is 4.90 Å². The molecule has 0 saturated heterocycles. The fraction of sp³-hybridized carbons (Fsp3) is 0. The topological polar surface area (TPSA) is 21.1 Å².